The molecule has 1 unspecified atom stereocenters. The Bertz CT molecular complexity index is 1680. The van der Waals surface area contributed by atoms with Crippen molar-refractivity contribution in [1.82, 2.24) is 4.90 Å². The molecule has 1 atom stereocenters. The van der Waals surface area contributed by atoms with Crippen LogP contribution in [0.25, 0.3) is 0 Å². The molecule has 0 spiro atoms. The van der Waals surface area contributed by atoms with Crippen molar-refractivity contribution in [3.05, 3.63) is 125 Å². The first-order chi connectivity index (χ1) is 19.8. The molecule has 5 rings (SSSR count). The number of sulfone groups is 1. The Hall–Kier alpha value is -4.70. The molecule has 10 heteroatoms. The van der Waals surface area contributed by atoms with Crippen molar-refractivity contribution in [2.75, 3.05) is 13.2 Å². The van der Waals surface area contributed by atoms with Gasteiger partial charge in [-0.25, -0.2) is 22.4 Å². The summed E-state index contributed by atoms with van der Waals surface area (Å²) in [5.41, 5.74) is 1.85. The zero-order chi connectivity index (χ0) is 29.0. The fourth-order valence-electron chi connectivity index (χ4n) is 4.95. The second-order valence-corrected chi connectivity index (χ2v) is 11.3. The van der Waals surface area contributed by atoms with Crippen LogP contribution in [-0.2, 0) is 32.4 Å². The maximum absolute atomic E-state index is 14.7. The number of aliphatic carboxylic acids is 1. The third-order valence-corrected chi connectivity index (χ3v) is 8.63. The molecule has 210 valence electrons. The molecule has 41 heavy (non-hydrogen) atoms. The van der Waals surface area contributed by atoms with E-state index in [1.165, 1.54) is 29.2 Å². The summed E-state index contributed by atoms with van der Waals surface area (Å²) in [6, 6.07) is 24.4. The van der Waals surface area contributed by atoms with Crippen LogP contribution in [0, 0.1) is 5.82 Å². The number of nitrogens with zero attached hydrogens (tertiary/aromatic N) is 1. The average molecular weight is 576 g/mol. The lowest BCUT2D eigenvalue weighted by molar-refractivity contribution is -0.139. The highest BCUT2D eigenvalue weighted by Crippen LogP contribution is 2.42. The molecule has 0 saturated carbocycles. The number of ether oxygens (including phenoxy) is 2. The highest BCUT2D eigenvalue weighted by atomic mass is 32.2. The Labute approximate surface area is 236 Å². The van der Waals surface area contributed by atoms with Crippen molar-refractivity contribution in [1.29, 1.82) is 0 Å². The predicted molar refractivity (Wildman–Crippen MR) is 147 cm³/mol. The fourth-order valence-corrected chi connectivity index (χ4v) is 6.52. The van der Waals surface area contributed by atoms with E-state index in [2.05, 4.69) is 0 Å². The molecule has 1 N–H and O–H groups in total. The molecule has 1 aliphatic heterocycles. The standard InChI is InChI=1S/C31H26FNO7S/c32-22-14-15-27(39-20-29(34)35)26(18-22)30-25-12-7-13-28(41(37,38)23-10-5-2-6-11-23)24(25)16-17-33(30)31(36)40-19-21-8-3-1-4-9-21/h1-15,18,30H,16-17,19-20H2,(H,34,35). The van der Waals surface area contributed by atoms with Crippen molar-refractivity contribution in [3.8, 4) is 5.75 Å². The van der Waals surface area contributed by atoms with Crippen LogP contribution in [0.2, 0.25) is 0 Å². The number of benzene rings is 4. The summed E-state index contributed by atoms with van der Waals surface area (Å²) in [4.78, 5) is 26.3. The van der Waals surface area contributed by atoms with E-state index in [9.17, 15) is 27.5 Å². The zero-order valence-electron chi connectivity index (χ0n) is 21.8. The third kappa shape index (κ3) is 5.92. The molecule has 1 aliphatic rings. The first-order valence-corrected chi connectivity index (χ1v) is 14.3. The lowest BCUT2D eigenvalue weighted by Crippen LogP contribution is -2.41. The maximum Gasteiger partial charge on any atom is 0.410 e. The SMILES string of the molecule is O=C(O)COc1ccc(F)cc1C1c2cccc(S(=O)(=O)c3ccccc3)c2CCN1C(=O)OCc1ccccc1. The minimum absolute atomic E-state index is 0.0102. The minimum atomic E-state index is -3.93. The molecule has 0 fully saturated rings. The number of hydrogen-bond acceptors (Lipinski definition) is 6. The minimum Gasteiger partial charge on any atom is -0.482 e. The molecule has 4 aromatic carbocycles. The van der Waals surface area contributed by atoms with E-state index < -0.39 is 40.4 Å². The van der Waals surface area contributed by atoms with Crippen molar-refractivity contribution in [3.63, 3.8) is 0 Å². The molecule has 1 heterocycles. The lowest BCUT2D eigenvalue weighted by atomic mass is 9.88. The Morgan fingerprint density at radius 3 is 2.32 bits per heavy atom. The summed E-state index contributed by atoms with van der Waals surface area (Å²) in [6.45, 7) is -0.649. The van der Waals surface area contributed by atoms with Crippen LogP contribution >= 0.6 is 0 Å². The Balaban J connectivity index is 1.62. The van der Waals surface area contributed by atoms with Crippen LogP contribution < -0.4 is 4.74 Å². The van der Waals surface area contributed by atoms with Crippen LogP contribution in [0.1, 0.15) is 28.3 Å². The van der Waals surface area contributed by atoms with E-state index in [0.717, 1.165) is 17.7 Å². The number of carboxylic acid groups (broad SMARTS) is 1. The largest absolute Gasteiger partial charge is 0.482 e. The van der Waals surface area contributed by atoms with Gasteiger partial charge in [-0.1, -0.05) is 60.7 Å². The number of carbonyl (C=O) groups is 2. The molecule has 1 amide bonds. The smallest absolute Gasteiger partial charge is 0.410 e. The van der Waals surface area contributed by atoms with Crippen molar-refractivity contribution < 1.29 is 37.0 Å². The summed E-state index contributed by atoms with van der Waals surface area (Å²) in [5, 5.41) is 9.19. The second-order valence-electron chi connectivity index (χ2n) is 9.39. The monoisotopic (exact) mass is 575 g/mol. The predicted octanol–water partition coefficient (Wildman–Crippen LogP) is 5.41. The van der Waals surface area contributed by atoms with Crippen LogP contribution in [0.3, 0.4) is 0 Å². The van der Waals surface area contributed by atoms with Gasteiger partial charge in [-0.3, -0.25) is 4.90 Å². The van der Waals surface area contributed by atoms with Gasteiger partial charge in [-0.15, -0.1) is 0 Å². The Morgan fingerprint density at radius 1 is 0.902 bits per heavy atom. The van der Waals surface area contributed by atoms with Gasteiger partial charge in [0.15, 0.2) is 6.61 Å². The summed E-state index contributed by atoms with van der Waals surface area (Å²) in [6.07, 6.45) is -0.510. The highest BCUT2D eigenvalue weighted by molar-refractivity contribution is 7.91. The van der Waals surface area contributed by atoms with Crippen molar-refractivity contribution >= 4 is 21.9 Å². The third-order valence-electron chi connectivity index (χ3n) is 6.78. The van der Waals surface area contributed by atoms with Crippen LogP contribution in [0.5, 0.6) is 5.75 Å². The summed E-state index contributed by atoms with van der Waals surface area (Å²) < 4.78 is 53.1. The molecule has 4 aromatic rings. The quantitative estimate of drug-likeness (QED) is 0.299. The maximum atomic E-state index is 14.7. The van der Waals surface area contributed by atoms with E-state index >= 15 is 0 Å². The first-order valence-electron chi connectivity index (χ1n) is 12.8. The Kier molecular flexibility index (Phi) is 8.02. The van der Waals surface area contributed by atoms with Gasteiger partial charge in [0, 0.05) is 12.1 Å². The summed E-state index contributed by atoms with van der Waals surface area (Å²) in [7, 11) is -3.93. The molecular weight excluding hydrogens is 549 g/mol. The van der Waals surface area contributed by atoms with E-state index in [1.54, 1.807) is 42.5 Å². The molecule has 0 radical (unpaired) electrons. The van der Waals surface area contributed by atoms with Gasteiger partial charge >= 0.3 is 12.1 Å². The Morgan fingerprint density at radius 2 is 1.61 bits per heavy atom. The molecule has 8 nitrogen and oxygen atoms in total. The summed E-state index contributed by atoms with van der Waals surface area (Å²) >= 11 is 0. The van der Waals surface area contributed by atoms with Gasteiger partial charge < -0.3 is 14.6 Å². The van der Waals surface area contributed by atoms with Gasteiger partial charge in [0.1, 0.15) is 18.2 Å². The van der Waals surface area contributed by atoms with Gasteiger partial charge in [0.05, 0.1) is 15.8 Å². The normalized spacial score (nSPS) is 14.7. The van der Waals surface area contributed by atoms with E-state index in [1.807, 2.05) is 18.2 Å². The van der Waals surface area contributed by atoms with Gasteiger partial charge in [0.2, 0.25) is 9.84 Å². The molecule has 0 aliphatic carbocycles. The number of fused-ring (bicyclic) bond motifs is 1. The number of hydrogen-bond donors (Lipinski definition) is 1. The van der Waals surface area contributed by atoms with Gasteiger partial charge in [-0.2, -0.15) is 0 Å². The fraction of sp³-hybridized carbons (Fsp3) is 0.161. The summed E-state index contributed by atoms with van der Waals surface area (Å²) in [5.74, 6) is -1.83. The number of carbonyl (C=O) groups excluding carboxylic acids is 1. The number of halogens is 1. The van der Waals surface area contributed by atoms with Gasteiger partial charge in [-0.05, 0) is 59.5 Å². The molecule has 0 bridgehead atoms. The number of carboxylic acids is 1. The number of amides is 1. The van der Waals surface area contributed by atoms with E-state index in [-0.39, 0.29) is 40.7 Å². The molecule has 0 saturated heterocycles. The second kappa shape index (κ2) is 11.8. The lowest BCUT2D eigenvalue weighted by Gasteiger charge is -2.38. The zero-order valence-corrected chi connectivity index (χ0v) is 22.6. The van der Waals surface area contributed by atoms with Crippen molar-refractivity contribution in [2.24, 2.45) is 0 Å². The first kappa shape index (κ1) is 27.9. The van der Waals surface area contributed by atoms with Crippen LogP contribution in [0.15, 0.2) is 107 Å². The highest BCUT2D eigenvalue weighted by Gasteiger charge is 2.38. The van der Waals surface area contributed by atoms with Crippen molar-refractivity contribution in [2.45, 2.75) is 28.9 Å². The molecular formula is C31H26FNO7S. The van der Waals surface area contributed by atoms with Crippen LogP contribution in [0.4, 0.5) is 9.18 Å². The van der Waals surface area contributed by atoms with Gasteiger partial charge in [0.25, 0.3) is 0 Å². The van der Waals surface area contributed by atoms with Crippen LogP contribution in [-0.4, -0.2) is 43.6 Å². The topological polar surface area (TPSA) is 110 Å². The van der Waals surface area contributed by atoms with E-state index in [0.29, 0.717) is 11.1 Å². The number of rotatable bonds is 8. The average Bonchev–Trinajstić information content (AvgIpc) is 2.99. The molecule has 0 aromatic heterocycles. The van der Waals surface area contributed by atoms with E-state index in [4.69, 9.17) is 9.47 Å².